The van der Waals surface area contributed by atoms with Crippen molar-refractivity contribution >= 4 is 22.5 Å². The Morgan fingerprint density at radius 1 is 1.56 bits per heavy atom. The lowest BCUT2D eigenvalue weighted by Crippen LogP contribution is -2.22. The van der Waals surface area contributed by atoms with Crippen molar-refractivity contribution in [2.45, 2.75) is 6.92 Å². The number of nitrogens with one attached hydrogen (secondary N) is 1. The molecule has 5 heteroatoms. The topological polar surface area (TPSA) is 40.0 Å². The van der Waals surface area contributed by atoms with Gasteiger partial charge in [-0.1, -0.05) is 6.58 Å². The van der Waals surface area contributed by atoms with E-state index in [4.69, 9.17) is 0 Å². The lowest BCUT2D eigenvalue weighted by molar-refractivity contribution is 0.468. The Balaban J connectivity index is 3.20. The molecule has 0 unspecified atom stereocenters. The lowest BCUT2D eigenvalue weighted by Gasteiger charge is -2.18. The predicted octanol–water partition coefficient (Wildman–Crippen LogP) is 1.69. The molecule has 0 bridgehead atoms. The summed E-state index contributed by atoms with van der Waals surface area (Å²) in [5.41, 5.74) is 1.90. The van der Waals surface area contributed by atoms with Crippen molar-refractivity contribution in [2.24, 2.45) is 9.98 Å². The summed E-state index contributed by atoms with van der Waals surface area (Å²) in [6.07, 6.45) is 1.55. The van der Waals surface area contributed by atoms with Gasteiger partial charge in [-0.05, 0) is 18.7 Å². The third kappa shape index (κ3) is 2.29. The SMILES string of the molecule is C=CN=C1C(=NC)SC(N(C)CC)=C1NC. The van der Waals surface area contributed by atoms with E-state index < -0.39 is 0 Å². The summed E-state index contributed by atoms with van der Waals surface area (Å²) in [6, 6.07) is 0. The van der Waals surface area contributed by atoms with E-state index in [0.29, 0.717) is 0 Å². The van der Waals surface area contributed by atoms with E-state index in [1.807, 2.05) is 7.05 Å². The van der Waals surface area contributed by atoms with Crippen LogP contribution in [0, 0.1) is 0 Å². The third-order valence-corrected chi connectivity index (χ3v) is 3.62. The van der Waals surface area contributed by atoms with Crippen LogP contribution in [-0.4, -0.2) is 43.3 Å². The molecule has 0 aromatic carbocycles. The van der Waals surface area contributed by atoms with Gasteiger partial charge in [0.25, 0.3) is 0 Å². The maximum Gasteiger partial charge on any atom is 0.124 e. The number of thioether (sulfide) groups is 1. The normalized spacial score (nSPS) is 20.8. The van der Waals surface area contributed by atoms with Gasteiger partial charge < -0.3 is 10.2 Å². The van der Waals surface area contributed by atoms with Crippen LogP contribution in [-0.2, 0) is 0 Å². The summed E-state index contributed by atoms with van der Waals surface area (Å²) in [4.78, 5) is 10.7. The molecule has 0 spiro atoms. The van der Waals surface area contributed by atoms with Gasteiger partial charge in [-0.2, -0.15) is 0 Å². The van der Waals surface area contributed by atoms with Crippen LogP contribution in [0.4, 0.5) is 0 Å². The summed E-state index contributed by atoms with van der Waals surface area (Å²) in [6.45, 7) is 6.70. The molecular weight excluding hydrogens is 220 g/mol. The molecule has 88 valence electrons. The molecular formula is C11H18N4S. The van der Waals surface area contributed by atoms with Gasteiger partial charge in [0.1, 0.15) is 15.8 Å². The van der Waals surface area contributed by atoms with Gasteiger partial charge in [-0.25, -0.2) is 0 Å². The fourth-order valence-corrected chi connectivity index (χ4v) is 2.51. The molecule has 1 N–H and O–H groups in total. The van der Waals surface area contributed by atoms with Crippen LogP contribution >= 0.6 is 11.8 Å². The quantitative estimate of drug-likeness (QED) is 0.810. The molecule has 1 rings (SSSR count). The molecule has 0 aromatic rings. The first kappa shape index (κ1) is 12.8. The highest BCUT2D eigenvalue weighted by molar-refractivity contribution is 8.19. The maximum atomic E-state index is 4.28. The number of allylic oxidation sites excluding steroid dienone is 1. The van der Waals surface area contributed by atoms with Crippen LogP contribution in [0.2, 0.25) is 0 Å². The first-order valence-electron chi connectivity index (χ1n) is 5.16. The Morgan fingerprint density at radius 3 is 2.69 bits per heavy atom. The van der Waals surface area contributed by atoms with Gasteiger partial charge in [0.15, 0.2) is 0 Å². The molecule has 0 saturated carbocycles. The second-order valence-corrected chi connectivity index (χ2v) is 4.21. The van der Waals surface area contributed by atoms with Crippen molar-refractivity contribution in [3.63, 3.8) is 0 Å². The van der Waals surface area contributed by atoms with Crippen molar-refractivity contribution in [3.05, 3.63) is 23.5 Å². The Bertz CT molecular complexity index is 368. The minimum Gasteiger partial charge on any atom is -0.384 e. The van der Waals surface area contributed by atoms with E-state index in [1.54, 1.807) is 25.0 Å². The zero-order chi connectivity index (χ0) is 12.1. The summed E-state index contributed by atoms with van der Waals surface area (Å²) >= 11 is 1.64. The van der Waals surface area contributed by atoms with E-state index in [0.717, 1.165) is 28.0 Å². The zero-order valence-electron chi connectivity index (χ0n) is 10.2. The van der Waals surface area contributed by atoms with Gasteiger partial charge in [-0.3, -0.25) is 9.98 Å². The van der Waals surface area contributed by atoms with Crippen molar-refractivity contribution in [2.75, 3.05) is 27.7 Å². The highest BCUT2D eigenvalue weighted by atomic mass is 32.2. The van der Waals surface area contributed by atoms with E-state index >= 15 is 0 Å². The van der Waals surface area contributed by atoms with Gasteiger partial charge in [0.05, 0.1) is 5.70 Å². The molecule has 0 aliphatic carbocycles. The molecule has 0 radical (unpaired) electrons. The first-order chi connectivity index (χ1) is 7.69. The van der Waals surface area contributed by atoms with Crippen LogP contribution in [0.15, 0.2) is 33.5 Å². The van der Waals surface area contributed by atoms with Crippen molar-refractivity contribution < 1.29 is 0 Å². The molecule has 0 saturated heterocycles. The van der Waals surface area contributed by atoms with Crippen LogP contribution in [0.1, 0.15) is 6.92 Å². The minimum atomic E-state index is 0.875. The third-order valence-electron chi connectivity index (χ3n) is 2.34. The smallest absolute Gasteiger partial charge is 0.124 e. The number of hydrogen-bond acceptors (Lipinski definition) is 5. The molecule has 1 heterocycles. The van der Waals surface area contributed by atoms with E-state index in [2.05, 4.69) is 40.8 Å². The Morgan fingerprint density at radius 2 is 2.25 bits per heavy atom. The average Bonchev–Trinajstić information content (AvgIpc) is 2.66. The highest BCUT2D eigenvalue weighted by Gasteiger charge is 2.29. The minimum absolute atomic E-state index is 0.875. The molecule has 0 fully saturated rings. The number of nitrogens with zero attached hydrogens (tertiary/aromatic N) is 3. The molecule has 0 aromatic heterocycles. The van der Waals surface area contributed by atoms with E-state index in [-0.39, 0.29) is 0 Å². The van der Waals surface area contributed by atoms with Crippen LogP contribution in [0.5, 0.6) is 0 Å². The monoisotopic (exact) mass is 238 g/mol. The molecule has 1 aliphatic rings. The Kier molecular flexibility index (Phi) is 4.61. The largest absolute Gasteiger partial charge is 0.384 e. The van der Waals surface area contributed by atoms with E-state index in [9.17, 15) is 0 Å². The standard InChI is InChI=1S/C11H18N4S/c1-6-14-8-9(12-3)11(15(5)7-2)16-10(8)13-4/h6,12H,1,7H2,2-5H3. The van der Waals surface area contributed by atoms with Crippen molar-refractivity contribution in [1.82, 2.24) is 10.2 Å². The lowest BCUT2D eigenvalue weighted by atomic mass is 10.3. The summed E-state index contributed by atoms with van der Waals surface area (Å²) < 4.78 is 0. The first-order valence-corrected chi connectivity index (χ1v) is 5.98. The van der Waals surface area contributed by atoms with Crippen LogP contribution < -0.4 is 5.32 Å². The Hall–Kier alpha value is -1.23. The molecule has 4 nitrogen and oxygen atoms in total. The second-order valence-electron chi connectivity index (χ2n) is 3.24. The number of aliphatic imine (C=N–C) groups is 2. The second kappa shape index (κ2) is 5.75. The van der Waals surface area contributed by atoms with Crippen molar-refractivity contribution in [3.8, 4) is 0 Å². The summed E-state index contributed by atoms with van der Waals surface area (Å²) in [7, 11) is 5.74. The van der Waals surface area contributed by atoms with Crippen LogP contribution in [0.25, 0.3) is 0 Å². The van der Waals surface area contributed by atoms with Gasteiger partial charge in [-0.15, -0.1) is 0 Å². The van der Waals surface area contributed by atoms with Crippen molar-refractivity contribution in [1.29, 1.82) is 0 Å². The van der Waals surface area contributed by atoms with E-state index in [1.165, 1.54) is 0 Å². The average molecular weight is 238 g/mol. The van der Waals surface area contributed by atoms with Gasteiger partial charge in [0.2, 0.25) is 0 Å². The molecule has 16 heavy (non-hydrogen) atoms. The number of hydrogen-bond donors (Lipinski definition) is 1. The molecule has 1 aliphatic heterocycles. The highest BCUT2D eigenvalue weighted by Crippen LogP contribution is 2.32. The predicted molar refractivity (Wildman–Crippen MR) is 73.0 cm³/mol. The fraction of sp³-hybridized carbons (Fsp3) is 0.455. The maximum absolute atomic E-state index is 4.28. The van der Waals surface area contributed by atoms with Gasteiger partial charge in [0, 0.05) is 33.9 Å². The van der Waals surface area contributed by atoms with Gasteiger partial charge >= 0.3 is 0 Å². The van der Waals surface area contributed by atoms with Crippen LogP contribution in [0.3, 0.4) is 0 Å². The Labute approximate surface area is 101 Å². The number of rotatable bonds is 4. The molecule has 0 amide bonds. The fourth-order valence-electron chi connectivity index (χ4n) is 1.40. The summed E-state index contributed by atoms with van der Waals surface area (Å²) in [5, 5.41) is 5.27. The zero-order valence-corrected chi connectivity index (χ0v) is 11.1. The summed E-state index contributed by atoms with van der Waals surface area (Å²) in [5.74, 6) is 0. The molecule has 0 atom stereocenters.